The Morgan fingerprint density at radius 2 is 1.81 bits per heavy atom. The van der Waals surface area contributed by atoms with Crippen molar-refractivity contribution < 1.29 is 9.52 Å². The second-order valence-corrected chi connectivity index (χ2v) is 4.03. The summed E-state index contributed by atoms with van der Waals surface area (Å²) in [5, 5.41) is 12.8. The number of furan rings is 1. The van der Waals surface area contributed by atoms with Gasteiger partial charge in [0.2, 0.25) is 0 Å². The smallest absolute Gasteiger partial charge is 0.142 e. The Morgan fingerprint density at radius 1 is 1.06 bits per heavy atom. The fourth-order valence-corrected chi connectivity index (χ4v) is 1.99. The van der Waals surface area contributed by atoms with E-state index >= 15 is 0 Å². The molecule has 0 aliphatic rings. The average molecular weight is 212 g/mol. The SMILES string of the molecule is CC(O)c1cc2ccc3ccccc3c2o1. The van der Waals surface area contributed by atoms with E-state index in [-0.39, 0.29) is 0 Å². The first-order valence-electron chi connectivity index (χ1n) is 5.35. The minimum atomic E-state index is -0.564. The van der Waals surface area contributed by atoms with E-state index < -0.39 is 6.10 Å². The van der Waals surface area contributed by atoms with Gasteiger partial charge in [0.15, 0.2) is 0 Å². The minimum Gasteiger partial charge on any atom is -0.458 e. The fraction of sp³-hybridized carbons (Fsp3) is 0.143. The van der Waals surface area contributed by atoms with E-state index in [1.54, 1.807) is 6.92 Å². The molecule has 0 spiro atoms. The van der Waals surface area contributed by atoms with Crippen molar-refractivity contribution >= 4 is 21.7 Å². The van der Waals surface area contributed by atoms with Gasteiger partial charge in [-0.3, -0.25) is 0 Å². The second-order valence-electron chi connectivity index (χ2n) is 4.03. The summed E-state index contributed by atoms with van der Waals surface area (Å²) in [6.45, 7) is 1.71. The predicted octanol–water partition coefficient (Wildman–Crippen LogP) is 3.64. The molecule has 0 saturated carbocycles. The molecule has 0 saturated heterocycles. The molecule has 1 unspecified atom stereocenters. The molecule has 1 heterocycles. The molecular weight excluding hydrogens is 200 g/mol. The van der Waals surface area contributed by atoms with Crippen molar-refractivity contribution in [1.82, 2.24) is 0 Å². The van der Waals surface area contributed by atoms with Crippen molar-refractivity contribution in [3.8, 4) is 0 Å². The molecule has 1 aromatic heterocycles. The van der Waals surface area contributed by atoms with Crippen molar-refractivity contribution in [3.63, 3.8) is 0 Å². The topological polar surface area (TPSA) is 33.4 Å². The summed E-state index contributed by atoms with van der Waals surface area (Å²) in [5.74, 6) is 0.617. The summed E-state index contributed by atoms with van der Waals surface area (Å²) < 4.78 is 5.69. The van der Waals surface area contributed by atoms with Gasteiger partial charge in [-0.15, -0.1) is 0 Å². The maximum atomic E-state index is 9.50. The lowest BCUT2D eigenvalue weighted by molar-refractivity contribution is 0.172. The number of fused-ring (bicyclic) bond motifs is 3. The summed E-state index contributed by atoms with van der Waals surface area (Å²) in [6, 6.07) is 14.1. The first kappa shape index (κ1) is 9.43. The molecule has 16 heavy (non-hydrogen) atoms. The highest BCUT2D eigenvalue weighted by Gasteiger charge is 2.10. The maximum absolute atomic E-state index is 9.50. The molecule has 3 rings (SSSR count). The summed E-state index contributed by atoms with van der Waals surface area (Å²) in [5.41, 5.74) is 0.856. The molecule has 0 amide bonds. The average Bonchev–Trinajstić information content (AvgIpc) is 2.73. The first-order valence-corrected chi connectivity index (χ1v) is 5.35. The van der Waals surface area contributed by atoms with Crippen LogP contribution in [0, 0.1) is 0 Å². The third kappa shape index (κ3) is 1.31. The third-order valence-corrected chi connectivity index (χ3v) is 2.84. The zero-order valence-corrected chi connectivity index (χ0v) is 8.97. The Labute approximate surface area is 93.1 Å². The second kappa shape index (κ2) is 3.35. The zero-order valence-electron chi connectivity index (χ0n) is 8.97. The largest absolute Gasteiger partial charge is 0.458 e. The van der Waals surface area contributed by atoms with Crippen molar-refractivity contribution in [1.29, 1.82) is 0 Å². The standard InChI is InChI=1S/C14H12O2/c1-9(15)13-8-11-7-6-10-4-2-3-5-12(10)14(11)16-13/h2-9,15H,1H3. The fourth-order valence-electron chi connectivity index (χ4n) is 1.99. The first-order chi connectivity index (χ1) is 7.75. The van der Waals surface area contributed by atoms with Crippen LogP contribution >= 0.6 is 0 Å². The van der Waals surface area contributed by atoms with E-state index in [0.29, 0.717) is 5.76 Å². The van der Waals surface area contributed by atoms with E-state index in [4.69, 9.17) is 4.42 Å². The van der Waals surface area contributed by atoms with Crippen LogP contribution < -0.4 is 0 Å². The van der Waals surface area contributed by atoms with Gasteiger partial charge >= 0.3 is 0 Å². The molecule has 0 aliphatic heterocycles. The number of benzene rings is 2. The van der Waals surface area contributed by atoms with Crippen LogP contribution in [0.1, 0.15) is 18.8 Å². The molecule has 3 aromatic rings. The van der Waals surface area contributed by atoms with Crippen LogP contribution in [0.5, 0.6) is 0 Å². The Balaban J connectivity index is 2.41. The highest BCUT2D eigenvalue weighted by Crippen LogP contribution is 2.30. The molecule has 2 aromatic carbocycles. The summed E-state index contributed by atoms with van der Waals surface area (Å²) in [4.78, 5) is 0. The summed E-state index contributed by atoms with van der Waals surface area (Å²) in [6.07, 6.45) is -0.564. The third-order valence-electron chi connectivity index (χ3n) is 2.84. The Morgan fingerprint density at radius 3 is 2.62 bits per heavy atom. The van der Waals surface area contributed by atoms with Gasteiger partial charge in [0, 0.05) is 10.8 Å². The van der Waals surface area contributed by atoms with Crippen molar-refractivity contribution in [2.24, 2.45) is 0 Å². The Kier molecular flexibility index (Phi) is 1.98. The lowest BCUT2D eigenvalue weighted by atomic mass is 10.1. The van der Waals surface area contributed by atoms with Crippen LogP contribution in [0.25, 0.3) is 21.7 Å². The number of rotatable bonds is 1. The normalized spacial score (nSPS) is 13.4. The summed E-state index contributed by atoms with van der Waals surface area (Å²) in [7, 11) is 0. The van der Waals surface area contributed by atoms with E-state index in [0.717, 1.165) is 21.7 Å². The van der Waals surface area contributed by atoms with Gasteiger partial charge in [0.05, 0.1) is 0 Å². The molecule has 0 radical (unpaired) electrons. The number of hydrogen-bond acceptors (Lipinski definition) is 2. The maximum Gasteiger partial charge on any atom is 0.142 e. The van der Waals surface area contributed by atoms with Crippen LogP contribution in [-0.2, 0) is 0 Å². The molecule has 2 heteroatoms. The van der Waals surface area contributed by atoms with Gasteiger partial charge in [-0.25, -0.2) is 0 Å². The molecule has 80 valence electrons. The van der Waals surface area contributed by atoms with E-state index in [2.05, 4.69) is 12.1 Å². The Hall–Kier alpha value is -1.80. The lowest BCUT2D eigenvalue weighted by Crippen LogP contribution is -1.85. The van der Waals surface area contributed by atoms with Gasteiger partial charge in [-0.2, -0.15) is 0 Å². The minimum absolute atomic E-state index is 0.564. The van der Waals surface area contributed by atoms with E-state index in [1.807, 2.05) is 30.3 Å². The van der Waals surface area contributed by atoms with Gasteiger partial charge < -0.3 is 9.52 Å². The molecule has 0 fully saturated rings. The highest BCUT2D eigenvalue weighted by molar-refractivity contribution is 6.04. The van der Waals surface area contributed by atoms with Crippen LogP contribution in [0.2, 0.25) is 0 Å². The quantitative estimate of drug-likeness (QED) is 0.668. The number of hydrogen-bond donors (Lipinski definition) is 1. The van der Waals surface area contributed by atoms with Crippen molar-refractivity contribution in [3.05, 3.63) is 48.2 Å². The van der Waals surface area contributed by atoms with E-state index in [1.165, 1.54) is 0 Å². The van der Waals surface area contributed by atoms with Gasteiger partial charge in [0.1, 0.15) is 17.4 Å². The molecule has 1 N–H and O–H groups in total. The van der Waals surface area contributed by atoms with Crippen LogP contribution in [-0.4, -0.2) is 5.11 Å². The Bertz CT molecular complexity index is 650. The van der Waals surface area contributed by atoms with Crippen molar-refractivity contribution in [2.45, 2.75) is 13.0 Å². The molecule has 0 bridgehead atoms. The monoisotopic (exact) mass is 212 g/mol. The summed E-state index contributed by atoms with van der Waals surface area (Å²) >= 11 is 0. The zero-order chi connectivity index (χ0) is 11.1. The van der Waals surface area contributed by atoms with Crippen LogP contribution in [0.3, 0.4) is 0 Å². The van der Waals surface area contributed by atoms with E-state index in [9.17, 15) is 5.11 Å². The van der Waals surface area contributed by atoms with Crippen LogP contribution in [0.4, 0.5) is 0 Å². The number of aliphatic hydroxyl groups is 1. The molecule has 1 atom stereocenters. The van der Waals surface area contributed by atoms with Gasteiger partial charge in [-0.05, 0) is 18.4 Å². The van der Waals surface area contributed by atoms with Gasteiger partial charge in [-0.1, -0.05) is 36.4 Å². The molecular formula is C14H12O2. The molecule has 2 nitrogen and oxygen atoms in total. The predicted molar refractivity (Wildman–Crippen MR) is 64.4 cm³/mol. The van der Waals surface area contributed by atoms with Crippen molar-refractivity contribution in [2.75, 3.05) is 0 Å². The molecule has 0 aliphatic carbocycles. The van der Waals surface area contributed by atoms with Gasteiger partial charge in [0.25, 0.3) is 0 Å². The number of aliphatic hydroxyl groups excluding tert-OH is 1. The van der Waals surface area contributed by atoms with Crippen LogP contribution in [0.15, 0.2) is 46.9 Å². The lowest BCUT2D eigenvalue weighted by Gasteiger charge is -1.98. The highest BCUT2D eigenvalue weighted by atomic mass is 16.4.